The second kappa shape index (κ2) is 10.8. The minimum absolute atomic E-state index is 0.0801. The van der Waals surface area contributed by atoms with Crippen LogP contribution in [-0.4, -0.2) is 51.4 Å². The average molecular weight is 543 g/mol. The molecule has 2 aromatic carbocycles. The van der Waals surface area contributed by atoms with Crippen LogP contribution < -0.4 is 4.74 Å². The van der Waals surface area contributed by atoms with Crippen LogP contribution in [0.1, 0.15) is 56.2 Å². The van der Waals surface area contributed by atoms with E-state index in [1.165, 1.54) is 4.31 Å². The Bertz CT molecular complexity index is 1420. The van der Waals surface area contributed by atoms with Crippen molar-refractivity contribution in [3.63, 3.8) is 0 Å². The Kier molecular flexibility index (Phi) is 7.91. The molecule has 11 heteroatoms. The Labute approximate surface area is 223 Å². The number of ether oxygens (including phenoxy) is 2. The van der Waals surface area contributed by atoms with Gasteiger partial charge in [-0.2, -0.15) is 4.31 Å². The highest BCUT2D eigenvalue weighted by molar-refractivity contribution is 7.89. The van der Waals surface area contributed by atoms with E-state index in [1.807, 2.05) is 39.0 Å². The lowest BCUT2D eigenvalue weighted by molar-refractivity contribution is -0.158. The molecule has 0 fully saturated rings. The van der Waals surface area contributed by atoms with Crippen molar-refractivity contribution in [3.8, 4) is 5.75 Å². The lowest BCUT2D eigenvalue weighted by Crippen LogP contribution is -2.36. The number of sulfonamides is 1. The van der Waals surface area contributed by atoms with Crippen molar-refractivity contribution in [1.82, 2.24) is 19.3 Å². The number of para-hydroxylation sites is 1. The Balaban J connectivity index is 1.67. The maximum atomic E-state index is 13.6. The van der Waals surface area contributed by atoms with Crippen LogP contribution >= 0.6 is 0 Å². The van der Waals surface area contributed by atoms with Crippen LogP contribution in [0.2, 0.25) is 0 Å². The van der Waals surface area contributed by atoms with Crippen molar-refractivity contribution in [1.29, 1.82) is 0 Å². The fourth-order valence-corrected chi connectivity index (χ4v) is 6.08. The normalized spacial score (nSPS) is 18.3. The number of hydrogen-bond acceptors (Lipinski definition) is 7. The van der Waals surface area contributed by atoms with Crippen molar-refractivity contribution < 1.29 is 27.8 Å². The summed E-state index contributed by atoms with van der Waals surface area (Å²) < 4.78 is 42.3. The fraction of sp³-hybridized carbons (Fsp3) is 0.444. The summed E-state index contributed by atoms with van der Waals surface area (Å²) >= 11 is 0. The van der Waals surface area contributed by atoms with E-state index in [0.717, 1.165) is 11.1 Å². The number of nitrogens with zero attached hydrogens (tertiary/aromatic N) is 4. The van der Waals surface area contributed by atoms with Gasteiger partial charge in [-0.25, -0.2) is 8.42 Å². The highest BCUT2D eigenvalue weighted by Crippen LogP contribution is 2.39. The van der Waals surface area contributed by atoms with Gasteiger partial charge < -0.3 is 14.6 Å². The van der Waals surface area contributed by atoms with Crippen molar-refractivity contribution in [2.75, 3.05) is 6.54 Å². The molecule has 2 atom stereocenters. The summed E-state index contributed by atoms with van der Waals surface area (Å²) in [5, 5.41) is 18.1. The summed E-state index contributed by atoms with van der Waals surface area (Å²) in [6.45, 7) is 9.92. The quantitative estimate of drug-likeness (QED) is 0.431. The molecule has 38 heavy (non-hydrogen) atoms. The van der Waals surface area contributed by atoms with Crippen molar-refractivity contribution in [2.24, 2.45) is 5.41 Å². The summed E-state index contributed by atoms with van der Waals surface area (Å²) in [6.07, 6.45) is 0.585. The molecule has 2 heterocycles. The van der Waals surface area contributed by atoms with Gasteiger partial charge in [0.25, 0.3) is 0 Å². The van der Waals surface area contributed by atoms with Gasteiger partial charge in [0.15, 0.2) is 0 Å². The summed E-state index contributed by atoms with van der Waals surface area (Å²) in [5.41, 5.74) is 1.59. The van der Waals surface area contributed by atoms with E-state index in [9.17, 15) is 18.3 Å². The molecule has 0 spiro atoms. The van der Waals surface area contributed by atoms with E-state index in [2.05, 4.69) is 10.3 Å². The van der Waals surface area contributed by atoms with Gasteiger partial charge >= 0.3 is 5.97 Å². The highest BCUT2D eigenvalue weighted by atomic mass is 32.2. The van der Waals surface area contributed by atoms with Gasteiger partial charge in [-0.3, -0.25) is 9.48 Å². The second-order valence-electron chi connectivity index (χ2n) is 10.1. The summed E-state index contributed by atoms with van der Waals surface area (Å²) in [5.74, 6) is -0.677. The molecule has 10 nitrogen and oxygen atoms in total. The molecule has 0 unspecified atom stereocenters. The number of carboxylic acids is 1. The number of aliphatic carboxylic acids is 1. The zero-order valence-corrected chi connectivity index (χ0v) is 23.1. The minimum Gasteiger partial charge on any atom is -0.488 e. The maximum Gasteiger partial charge on any atom is 0.312 e. The van der Waals surface area contributed by atoms with Crippen LogP contribution in [0.15, 0.2) is 53.6 Å². The first-order valence-electron chi connectivity index (χ1n) is 12.5. The van der Waals surface area contributed by atoms with Crippen molar-refractivity contribution in [3.05, 3.63) is 71.0 Å². The molecule has 204 valence electrons. The van der Waals surface area contributed by atoms with E-state index >= 15 is 0 Å². The first-order chi connectivity index (χ1) is 17.9. The molecule has 3 aromatic rings. The third-order valence-electron chi connectivity index (χ3n) is 6.79. The number of aryl methyl sites for hydroxylation is 2. The zero-order valence-electron chi connectivity index (χ0n) is 22.3. The smallest absolute Gasteiger partial charge is 0.312 e. The summed E-state index contributed by atoms with van der Waals surface area (Å²) in [4.78, 5) is 12.4. The van der Waals surface area contributed by atoms with Crippen molar-refractivity contribution >= 4 is 16.0 Å². The standard InChI is InChI=1S/C27H34N4O6S/c1-6-30-16-22(28-29-30)17-36-25(27(4,5)26(32)33)20-12-11-18(2)21(13-20)15-31-14-19(3)37-23-9-7-8-10-24(23)38(31,34)35/h7-13,16,19,25H,6,14-15,17H2,1-5H3,(H,32,33)/t19-,25-/m1/s1. The number of benzene rings is 2. The molecule has 1 aliphatic heterocycles. The number of aromatic nitrogens is 3. The minimum atomic E-state index is -3.82. The molecular weight excluding hydrogens is 508 g/mol. The van der Waals surface area contributed by atoms with E-state index < -0.39 is 27.5 Å². The SMILES string of the molecule is CCn1cc(CO[C@H](c2ccc(C)c(CN3C[C@@H](C)Oc4ccccc4S3(=O)=O)c2)C(C)(C)C(=O)O)nn1. The number of carbonyl (C=O) groups is 1. The van der Waals surface area contributed by atoms with Gasteiger partial charge in [-0.1, -0.05) is 35.5 Å². The predicted molar refractivity (Wildman–Crippen MR) is 140 cm³/mol. The van der Waals surface area contributed by atoms with Crippen LogP contribution in [0.25, 0.3) is 0 Å². The van der Waals surface area contributed by atoms with Crippen molar-refractivity contribution in [2.45, 2.75) is 71.4 Å². The highest BCUT2D eigenvalue weighted by Gasteiger charge is 2.40. The molecule has 0 saturated heterocycles. The average Bonchev–Trinajstić information content (AvgIpc) is 3.30. The van der Waals surface area contributed by atoms with Crippen LogP contribution in [0.3, 0.4) is 0 Å². The Hall–Kier alpha value is -3.28. The molecule has 1 N–H and O–H groups in total. The van der Waals surface area contributed by atoms with Gasteiger partial charge in [-0.15, -0.1) is 5.10 Å². The molecule has 0 radical (unpaired) electrons. The summed E-state index contributed by atoms with van der Waals surface area (Å²) in [7, 11) is -3.82. The number of hydrogen-bond donors (Lipinski definition) is 1. The second-order valence-corrected chi connectivity index (χ2v) is 12.0. The fourth-order valence-electron chi connectivity index (χ4n) is 4.46. The van der Waals surface area contributed by atoms with Gasteiger partial charge in [0.2, 0.25) is 10.0 Å². The van der Waals surface area contributed by atoms with E-state index in [1.54, 1.807) is 49.0 Å². The molecule has 0 bridgehead atoms. The molecule has 1 aromatic heterocycles. The Morgan fingerprint density at radius 1 is 1.26 bits per heavy atom. The molecule has 0 aliphatic carbocycles. The topological polar surface area (TPSA) is 124 Å². The maximum absolute atomic E-state index is 13.6. The Morgan fingerprint density at radius 3 is 2.68 bits per heavy atom. The Morgan fingerprint density at radius 2 is 2.00 bits per heavy atom. The third-order valence-corrected chi connectivity index (χ3v) is 8.64. The monoisotopic (exact) mass is 542 g/mol. The molecule has 0 amide bonds. The number of carboxylic acid groups (broad SMARTS) is 1. The van der Waals surface area contributed by atoms with Gasteiger partial charge in [0.05, 0.1) is 30.9 Å². The largest absolute Gasteiger partial charge is 0.488 e. The van der Waals surface area contributed by atoms with Crippen LogP contribution in [0.4, 0.5) is 0 Å². The van der Waals surface area contributed by atoms with E-state index in [-0.39, 0.29) is 30.7 Å². The zero-order chi connectivity index (χ0) is 27.7. The lowest BCUT2D eigenvalue weighted by atomic mass is 9.81. The molecule has 0 saturated carbocycles. The third kappa shape index (κ3) is 5.59. The molecule has 4 rings (SSSR count). The van der Waals surface area contributed by atoms with Gasteiger partial charge in [0, 0.05) is 13.1 Å². The first kappa shape index (κ1) is 27.7. The number of rotatable bonds is 9. The van der Waals surface area contributed by atoms with E-state index in [0.29, 0.717) is 23.6 Å². The van der Waals surface area contributed by atoms with Crippen LogP contribution in [-0.2, 0) is 39.3 Å². The number of fused-ring (bicyclic) bond motifs is 1. The van der Waals surface area contributed by atoms with Crippen LogP contribution in [0.5, 0.6) is 5.75 Å². The van der Waals surface area contributed by atoms with Gasteiger partial charge in [0.1, 0.15) is 22.4 Å². The lowest BCUT2D eigenvalue weighted by Gasteiger charge is -2.31. The molecule has 1 aliphatic rings. The predicted octanol–water partition coefficient (Wildman–Crippen LogP) is 3.95. The van der Waals surface area contributed by atoms with Gasteiger partial charge in [-0.05, 0) is 63.4 Å². The molecular formula is C27H34N4O6S. The van der Waals surface area contributed by atoms with Crippen LogP contribution in [0, 0.1) is 12.3 Å². The summed E-state index contributed by atoms with van der Waals surface area (Å²) in [6, 6.07) is 12.2. The van der Waals surface area contributed by atoms with E-state index in [4.69, 9.17) is 9.47 Å². The first-order valence-corrected chi connectivity index (χ1v) is 14.0.